The van der Waals surface area contributed by atoms with Crippen molar-refractivity contribution in [3.8, 4) is 11.4 Å². The Morgan fingerprint density at radius 1 is 1.29 bits per heavy atom. The summed E-state index contributed by atoms with van der Waals surface area (Å²) >= 11 is 0. The van der Waals surface area contributed by atoms with E-state index in [2.05, 4.69) is 10.3 Å². The highest BCUT2D eigenvalue weighted by Crippen LogP contribution is 2.15. The van der Waals surface area contributed by atoms with Crippen LogP contribution in [0.1, 0.15) is 0 Å². The minimum Gasteiger partial charge on any atom is -0.497 e. The topological polar surface area (TPSA) is 74.1 Å². The second-order valence-electron chi connectivity index (χ2n) is 3.14. The number of nitrogens with zero attached hydrogens (tertiary/aromatic N) is 3. The molecular weight excluding hydrogens is 249 g/mol. The lowest BCUT2D eigenvalue weighted by Gasteiger charge is -2.01. The lowest BCUT2D eigenvalue weighted by atomic mass is 10.3. The van der Waals surface area contributed by atoms with E-state index in [4.69, 9.17) is 4.74 Å². The van der Waals surface area contributed by atoms with E-state index in [0.717, 1.165) is 10.9 Å². The van der Waals surface area contributed by atoms with Crippen molar-refractivity contribution in [2.45, 2.75) is 5.03 Å². The van der Waals surface area contributed by atoms with Crippen molar-refractivity contribution in [3.05, 3.63) is 30.5 Å². The Morgan fingerprint density at radius 2 is 1.94 bits per heavy atom. The molecule has 17 heavy (non-hydrogen) atoms. The van der Waals surface area contributed by atoms with Crippen molar-refractivity contribution in [3.63, 3.8) is 0 Å². The van der Waals surface area contributed by atoms with Gasteiger partial charge in [-0.1, -0.05) is 9.10 Å². The highest BCUT2D eigenvalue weighted by atomic mass is 32.3. The molecule has 0 bridgehead atoms. The van der Waals surface area contributed by atoms with Gasteiger partial charge in [-0.2, -0.15) is 8.42 Å². The van der Waals surface area contributed by atoms with E-state index in [1.165, 1.54) is 7.11 Å². The Balaban J connectivity index is 2.37. The van der Waals surface area contributed by atoms with Crippen LogP contribution in [0.3, 0.4) is 0 Å². The molecule has 0 N–H and O–H groups in total. The Hall–Kier alpha value is -1.96. The Morgan fingerprint density at radius 3 is 2.41 bits per heavy atom. The molecule has 0 aliphatic heterocycles. The van der Waals surface area contributed by atoms with Crippen LogP contribution in [0.2, 0.25) is 0 Å². The minimum atomic E-state index is -4.82. The molecule has 0 atom stereocenters. The van der Waals surface area contributed by atoms with Gasteiger partial charge >= 0.3 is 10.2 Å². The standard InChI is InChI=1S/C9H8FN3O3S/c1-16-8-4-2-7(3-5-8)13-6-9(11-12-13)17(10,14)15/h2-6H,1H3. The van der Waals surface area contributed by atoms with E-state index in [-0.39, 0.29) is 0 Å². The van der Waals surface area contributed by atoms with Crippen LogP contribution in [0.25, 0.3) is 5.69 Å². The number of aromatic nitrogens is 3. The van der Waals surface area contributed by atoms with Crippen molar-refractivity contribution in [2.75, 3.05) is 7.11 Å². The molecule has 0 saturated carbocycles. The molecule has 0 amide bonds. The molecule has 0 aliphatic rings. The maximum absolute atomic E-state index is 12.6. The number of methoxy groups -OCH3 is 1. The summed E-state index contributed by atoms with van der Waals surface area (Å²) < 4.78 is 39.9. The molecule has 0 saturated heterocycles. The van der Waals surface area contributed by atoms with Crippen LogP contribution in [0, 0.1) is 0 Å². The number of benzene rings is 1. The van der Waals surface area contributed by atoms with Gasteiger partial charge < -0.3 is 4.74 Å². The average Bonchev–Trinajstić information content (AvgIpc) is 2.78. The maximum atomic E-state index is 12.6. The van der Waals surface area contributed by atoms with E-state index in [9.17, 15) is 12.3 Å². The van der Waals surface area contributed by atoms with Crippen molar-refractivity contribution in [2.24, 2.45) is 0 Å². The summed E-state index contributed by atoms with van der Waals surface area (Å²) in [5.74, 6) is 0.646. The van der Waals surface area contributed by atoms with Crippen molar-refractivity contribution < 1.29 is 17.0 Å². The summed E-state index contributed by atoms with van der Waals surface area (Å²) in [7, 11) is -3.30. The smallest absolute Gasteiger partial charge is 0.353 e. The van der Waals surface area contributed by atoms with Crippen molar-refractivity contribution >= 4 is 10.2 Å². The van der Waals surface area contributed by atoms with Gasteiger partial charge in [0.05, 0.1) is 19.0 Å². The van der Waals surface area contributed by atoms with Gasteiger partial charge in [-0.05, 0) is 24.3 Å². The molecule has 2 rings (SSSR count). The van der Waals surface area contributed by atoms with Gasteiger partial charge in [-0.25, -0.2) is 4.68 Å². The number of halogens is 1. The van der Waals surface area contributed by atoms with Gasteiger partial charge in [0.25, 0.3) is 0 Å². The number of rotatable bonds is 3. The van der Waals surface area contributed by atoms with Gasteiger partial charge in [-0.15, -0.1) is 5.10 Å². The number of ether oxygens (including phenoxy) is 1. The summed E-state index contributed by atoms with van der Waals surface area (Å²) in [4.78, 5) is 0. The van der Waals surface area contributed by atoms with E-state index in [1.54, 1.807) is 24.3 Å². The van der Waals surface area contributed by atoms with Crippen LogP contribution in [-0.4, -0.2) is 30.5 Å². The third-order valence-electron chi connectivity index (χ3n) is 2.06. The predicted molar refractivity (Wildman–Crippen MR) is 56.2 cm³/mol. The number of hydrogen-bond donors (Lipinski definition) is 0. The lowest BCUT2D eigenvalue weighted by Crippen LogP contribution is -1.94. The fourth-order valence-corrected chi connectivity index (χ4v) is 1.58. The normalized spacial score (nSPS) is 11.4. The first-order chi connectivity index (χ1) is 8.00. The molecule has 1 heterocycles. The van der Waals surface area contributed by atoms with E-state index in [1.807, 2.05) is 0 Å². The summed E-state index contributed by atoms with van der Waals surface area (Å²) in [6.45, 7) is 0. The van der Waals surface area contributed by atoms with Crippen molar-refractivity contribution in [1.29, 1.82) is 0 Å². The molecule has 0 radical (unpaired) electrons. The first-order valence-corrected chi connectivity index (χ1v) is 5.90. The average molecular weight is 257 g/mol. The lowest BCUT2D eigenvalue weighted by molar-refractivity contribution is 0.414. The van der Waals surface area contributed by atoms with Crippen LogP contribution < -0.4 is 4.74 Å². The second-order valence-corrected chi connectivity index (χ2v) is 4.43. The molecule has 0 unspecified atom stereocenters. The van der Waals surface area contributed by atoms with Gasteiger partial charge in [0, 0.05) is 0 Å². The van der Waals surface area contributed by atoms with Gasteiger partial charge in [-0.3, -0.25) is 0 Å². The molecule has 0 spiro atoms. The second kappa shape index (κ2) is 4.13. The Labute approximate surface area is 96.8 Å². The molecule has 2 aromatic rings. The van der Waals surface area contributed by atoms with E-state index in [0.29, 0.717) is 11.4 Å². The molecule has 1 aromatic carbocycles. The molecule has 0 fully saturated rings. The first kappa shape index (κ1) is 11.5. The molecule has 90 valence electrons. The quantitative estimate of drug-likeness (QED) is 0.765. The van der Waals surface area contributed by atoms with Crippen LogP contribution in [0.15, 0.2) is 35.5 Å². The monoisotopic (exact) mass is 257 g/mol. The third kappa shape index (κ3) is 2.41. The summed E-state index contributed by atoms with van der Waals surface area (Å²) in [5.41, 5.74) is 0.549. The zero-order chi connectivity index (χ0) is 12.5. The highest BCUT2D eigenvalue weighted by molar-refractivity contribution is 7.86. The van der Waals surface area contributed by atoms with Crippen LogP contribution in [0.5, 0.6) is 5.75 Å². The van der Waals surface area contributed by atoms with Crippen LogP contribution >= 0.6 is 0 Å². The Kier molecular flexibility index (Phi) is 2.80. The fraction of sp³-hybridized carbons (Fsp3) is 0.111. The van der Waals surface area contributed by atoms with Crippen LogP contribution in [-0.2, 0) is 10.2 Å². The van der Waals surface area contributed by atoms with E-state index < -0.39 is 15.2 Å². The first-order valence-electron chi connectivity index (χ1n) is 4.52. The minimum absolute atomic E-state index is 0.549. The van der Waals surface area contributed by atoms with E-state index >= 15 is 0 Å². The molecule has 6 nitrogen and oxygen atoms in total. The fourth-order valence-electron chi connectivity index (χ4n) is 1.22. The zero-order valence-corrected chi connectivity index (χ0v) is 9.56. The van der Waals surface area contributed by atoms with Gasteiger partial charge in [0.15, 0.2) is 0 Å². The summed E-state index contributed by atoms with van der Waals surface area (Å²) in [6.07, 6.45) is 0.997. The largest absolute Gasteiger partial charge is 0.497 e. The molecule has 0 aliphatic carbocycles. The molecule has 8 heteroatoms. The van der Waals surface area contributed by atoms with Gasteiger partial charge in [0.1, 0.15) is 5.75 Å². The Bertz CT molecular complexity index is 621. The third-order valence-corrected chi connectivity index (χ3v) is 2.75. The van der Waals surface area contributed by atoms with Crippen LogP contribution in [0.4, 0.5) is 3.89 Å². The zero-order valence-electron chi connectivity index (χ0n) is 8.74. The SMILES string of the molecule is COc1ccc(-n2cc(S(=O)(=O)F)nn2)cc1. The molecular formula is C9H8FN3O3S. The van der Waals surface area contributed by atoms with Crippen molar-refractivity contribution in [1.82, 2.24) is 15.0 Å². The number of hydrogen-bond acceptors (Lipinski definition) is 5. The highest BCUT2D eigenvalue weighted by Gasteiger charge is 2.17. The van der Waals surface area contributed by atoms with Gasteiger partial charge in [0.2, 0.25) is 5.03 Å². The molecule has 1 aromatic heterocycles. The summed E-state index contributed by atoms with van der Waals surface area (Å²) in [5, 5.41) is 6.03. The predicted octanol–water partition coefficient (Wildman–Crippen LogP) is 0.934. The maximum Gasteiger partial charge on any atom is 0.353 e. The summed E-state index contributed by atoms with van der Waals surface area (Å²) in [6, 6.07) is 6.62.